The first-order chi connectivity index (χ1) is 9.15. The molecule has 2 aromatic rings. The lowest BCUT2D eigenvalue weighted by molar-refractivity contribution is 0.332. The quantitative estimate of drug-likeness (QED) is 0.611. The normalized spacial score (nSPS) is 10.3. The number of halogens is 3. The number of nitrogens with one attached hydrogen (secondary N) is 1. The first-order valence-corrected chi connectivity index (χ1v) is 8.10. The second-order valence-corrected chi connectivity index (χ2v) is 6.54. The molecule has 0 aromatic heterocycles. The Morgan fingerprint density at radius 1 is 0.947 bits per heavy atom. The van der Waals surface area contributed by atoms with E-state index < -0.39 is 0 Å². The van der Waals surface area contributed by atoms with E-state index in [1.807, 2.05) is 42.5 Å². The Kier molecular flexibility index (Phi) is 5.73. The Morgan fingerprint density at radius 3 is 2.53 bits per heavy atom. The third-order valence-electron chi connectivity index (χ3n) is 2.41. The van der Waals surface area contributed by atoms with E-state index in [1.54, 1.807) is 0 Å². The van der Waals surface area contributed by atoms with Gasteiger partial charge in [-0.1, -0.05) is 37.9 Å². The highest BCUT2D eigenvalue weighted by atomic mass is 79.9. The highest BCUT2D eigenvalue weighted by Gasteiger charge is 2.00. The molecule has 0 aliphatic heterocycles. The van der Waals surface area contributed by atoms with Gasteiger partial charge in [0.25, 0.3) is 0 Å². The van der Waals surface area contributed by atoms with Crippen LogP contribution in [0.25, 0.3) is 0 Å². The maximum absolute atomic E-state index is 5.66. The fourth-order valence-electron chi connectivity index (χ4n) is 1.54. The van der Waals surface area contributed by atoms with Crippen molar-refractivity contribution in [1.29, 1.82) is 0 Å². The van der Waals surface area contributed by atoms with E-state index in [9.17, 15) is 0 Å². The molecule has 0 fully saturated rings. The molecule has 2 rings (SSSR count). The summed E-state index contributed by atoms with van der Waals surface area (Å²) in [7, 11) is 0. The van der Waals surface area contributed by atoms with E-state index >= 15 is 0 Å². The van der Waals surface area contributed by atoms with Crippen LogP contribution in [0.1, 0.15) is 0 Å². The summed E-state index contributed by atoms with van der Waals surface area (Å²) in [5.74, 6) is 0.865. The highest BCUT2D eigenvalue weighted by Crippen LogP contribution is 2.26. The SMILES string of the molecule is Brc1cccc(OCCNc2cc(Br)ccc2Br)c1. The second kappa shape index (κ2) is 7.31. The minimum Gasteiger partial charge on any atom is -0.492 e. The summed E-state index contributed by atoms with van der Waals surface area (Å²) in [6.07, 6.45) is 0. The smallest absolute Gasteiger partial charge is 0.120 e. The van der Waals surface area contributed by atoms with E-state index in [0.717, 1.165) is 31.4 Å². The van der Waals surface area contributed by atoms with Gasteiger partial charge in [-0.05, 0) is 52.3 Å². The van der Waals surface area contributed by atoms with Crippen molar-refractivity contribution in [2.24, 2.45) is 0 Å². The maximum atomic E-state index is 5.66. The van der Waals surface area contributed by atoms with Gasteiger partial charge in [0.15, 0.2) is 0 Å². The number of ether oxygens (including phenoxy) is 1. The molecule has 2 aromatic carbocycles. The van der Waals surface area contributed by atoms with Crippen LogP contribution in [0.3, 0.4) is 0 Å². The van der Waals surface area contributed by atoms with Crippen LogP contribution in [-0.4, -0.2) is 13.2 Å². The van der Waals surface area contributed by atoms with Crippen molar-refractivity contribution in [3.05, 3.63) is 55.9 Å². The van der Waals surface area contributed by atoms with Crippen molar-refractivity contribution in [3.63, 3.8) is 0 Å². The van der Waals surface area contributed by atoms with Crippen LogP contribution in [0.2, 0.25) is 0 Å². The monoisotopic (exact) mass is 447 g/mol. The number of rotatable bonds is 5. The third-order valence-corrected chi connectivity index (χ3v) is 4.09. The van der Waals surface area contributed by atoms with Crippen LogP contribution in [-0.2, 0) is 0 Å². The van der Waals surface area contributed by atoms with Gasteiger partial charge in [0.1, 0.15) is 12.4 Å². The Balaban J connectivity index is 1.82. The van der Waals surface area contributed by atoms with E-state index in [4.69, 9.17) is 4.74 Å². The first kappa shape index (κ1) is 14.9. The van der Waals surface area contributed by atoms with Crippen molar-refractivity contribution in [2.75, 3.05) is 18.5 Å². The zero-order valence-electron chi connectivity index (χ0n) is 10.00. The van der Waals surface area contributed by atoms with E-state index in [0.29, 0.717) is 6.61 Å². The van der Waals surface area contributed by atoms with Crippen LogP contribution in [0.4, 0.5) is 5.69 Å². The molecular formula is C14H12Br3NO. The summed E-state index contributed by atoms with van der Waals surface area (Å²) in [6, 6.07) is 13.9. The number of anilines is 1. The van der Waals surface area contributed by atoms with Crippen molar-refractivity contribution in [2.45, 2.75) is 0 Å². The second-order valence-electron chi connectivity index (χ2n) is 3.86. The molecule has 0 saturated heterocycles. The van der Waals surface area contributed by atoms with Gasteiger partial charge in [0, 0.05) is 25.7 Å². The average Bonchev–Trinajstić information content (AvgIpc) is 2.39. The van der Waals surface area contributed by atoms with E-state index in [1.165, 1.54) is 0 Å². The molecular weight excluding hydrogens is 438 g/mol. The van der Waals surface area contributed by atoms with Crippen molar-refractivity contribution < 1.29 is 4.74 Å². The summed E-state index contributed by atoms with van der Waals surface area (Å²) >= 11 is 10.4. The van der Waals surface area contributed by atoms with Gasteiger partial charge in [0.2, 0.25) is 0 Å². The largest absolute Gasteiger partial charge is 0.492 e. The molecule has 5 heteroatoms. The fraction of sp³-hybridized carbons (Fsp3) is 0.143. The summed E-state index contributed by atoms with van der Waals surface area (Å²) in [4.78, 5) is 0. The van der Waals surface area contributed by atoms with Crippen LogP contribution in [0, 0.1) is 0 Å². The Morgan fingerprint density at radius 2 is 1.74 bits per heavy atom. The van der Waals surface area contributed by atoms with Crippen molar-refractivity contribution in [3.8, 4) is 5.75 Å². The Bertz CT molecular complexity index is 560. The number of hydrogen-bond acceptors (Lipinski definition) is 2. The van der Waals surface area contributed by atoms with E-state index in [-0.39, 0.29) is 0 Å². The topological polar surface area (TPSA) is 21.3 Å². The lowest BCUT2D eigenvalue weighted by Crippen LogP contribution is -2.11. The third kappa shape index (κ3) is 4.82. The molecule has 0 unspecified atom stereocenters. The standard InChI is InChI=1S/C14H12Br3NO/c15-10-2-1-3-12(8-10)19-7-6-18-14-9-11(16)4-5-13(14)17/h1-5,8-9,18H,6-7H2. The lowest BCUT2D eigenvalue weighted by atomic mass is 10.3. The molecule has 0 saturated carbocycles. The Labute approximate surface area is 137 Å². The maximum Gasteiger partial charge on any atom is 0.120 e. The molecule has 0 heterocycles. The summed E-state index contributed by atoms with van der Waals surface area (Å²) in [6.45, 7) is 1.34. The van der Waals surface area contributed by atoms with Gasteiger partial charge in [-0.25, -0.2) is 0 Å². The molecule has 0 spiro atoms. The molecule has 1 N–H and O–H groups in total. The van der Waals surface area contributed by atoms with Gasteiger partial charge in [-0.15, -0.1) is 0 Å². The van der Waals surface area contributed by atoms with Crippen LogP contribution < -0.4 is 10.1 Å². The van der Waals surface area contributed by atoms with Gasteiger partial charge < -0.3 is 10.1 Å². The lowest BCUT2D eigenvalue weighted by Gasteiger charge is -2.10. The van der Waals surface area contributed by atoms with Gasteiger partial charge in [-0.3, -0.25) is 0 Å². The van der Waals surface area contributed by atoms with Crippen LogP contribution in [0.15, 0.2) is 55.9 Å². The number of benzene rings is 2. The van der Waals surface area contributed by atoms with Crippen LogP contribution >= 0.6 is 47.8 Å². The minimum absolute atomic E-state index is 0.607. The number of hydrogen-bond donors (Lipinski definition) is 1. The minimum atomic E-state index is 0.607. The zero-order chi connectivity index (χ0) is 13.7. The average molecular weight is 450 g/mol. The molecule has 0 aliphatic carbocycles. The fourth-order valence-corrected chi connectivity index (χ4v) is 2.67. The molecule has 0 atom stereocenters. The Hall–Kier alpha value is -0.520. The molecule has 100 valence electrons. The van der Waals surface area contributed by atoms with Gasteiger partial charge >= 0.3 is 0 Å². The predicted octanol–water partition coefficient (Wildman–Crippen LogP) is 5.47. The predicted molar refractivity (Wildman–Crippen MR) is 90.0 cm³/mol. The highest BCUT2D eigenvalue weighted by molar-refractivity contribution is 9.11. The molecule has 2 nitrogen and oxygen atoms in total. The van der Waals surface area contributed by atoms with Crippen molar-refractivity contribution in [1.82, 2.24) is 0 Å². The van der Waals surface area contributed by atoms with Gasteiger partial charge in [-0.2, -0.15) is 0 Å². The summed E-state index contributed by atoms with van der Waals surface area (Å²) in [5.41, 5.74) is 1.05. The molecule has 19 heavy (non-hydrogen) atoms. The summed E-state index contributed by atoms with van der Waals surface area (Å²) < 4.78 is 8.77. The first-order valence-electron chi connectivity index (χ1n) is 5.72. The zero-order valence-corrected chi connectivity index (χ0v) is 14.8. The van der Waals surface area contributed by atoms with Crippen LogP contribution in [0.5, 0.6) is 5.75 Å². The molecule has 0 amide bonds. The molecule has 0 radical (unpaired) electrons. The summed E-state index contributed by atoms with van der Waals surface area (Å²) in [5, 5.41) is 3.33. The van der Waals surface area contributed by atoms with E-state index in [2.05, 4.69) is 53.1 Å². The van der Waals surface area contributed by atoms with Crippen molar-refractivity contribution >= 4 is 53.5 Å². The molecule has 0 aliphatic rings. The molecule has 0 bridgehead atoms. The van der Waals surface area contributed by atoms with Gasteiger partial charge in [0.05, 0.1) is 0 Å².